The van der Waals surface area contributed by atoms with Gasteiger partial charge in [-0.2, -0.15) is 0 Å². The predicted octanol–water partition coefficient (Wildman–Crippen LogP) is 3.11. The van der Waals surface area contributed by atoms with Crippen LogP contribution in [0.2, 0.25) is 0 Å². The van der Waals surface area contributed by atoms with Gasteiger partial charge in [-0.05, 0) is 50.0 Å². The molecular formula is C17H26O4. The predicted molar refractivity (Wildman–Crippen MR) is 81.9 cm³/mol. The maximum atomic E-state index is 11.3. The summed E-state index contributed by atoms with van der Waals surface area (Å²) in [7, 11) is 0. The maximum Gasteiger partial charge on any atom is 0.303 e. The molecule has 1 aliphatic carbocycles. The number of allylic oxidation sites excluding steroid dienone is 4. The quantitative estimate of drug-likeness (QED) is 0.389. The van der Waals surface area contributed by atoms with Crippen LogP contribution in [0.3, 0.4) is 0 Å². The van der Waals surface area contributed by atoms with E-state index in [-0.39, 0.29) is 30.1 Å². The van der Waals surface area contributed by atoms with Crippen molar-refractivity contribution in [1.82, 2.24) is 0 Å². The zero-order valence-corrected chi connectivity index (χ0v) is 12.7. The fourth-order valence-corrected chi connectivity index (χ4v) is 2.74. The van der Waals surface area contributed by atoms with Gasteiger partial charge in [0.15, 0.2) is 5.78 Å². The maximum absolute atomic E-state index is 11.3. The van der Waals surface area contributed by atoms with E-state index in [0.29, 0.717) is 12.8 Å². The van der Waals surface area contributed by atoms with E-state index in [1.54, 1.807) is 6.08 Å². The van der Waals surface area contributed by atoms with Crippen LogP contribution in [0.5, 0.6) is 0 Å². The van der Waals surface area contributed by atoms with Crippen LogP contribution in [0, 0.1) is 11.8 Å². The highest BCUT2D eigenvalue weighted by molar-refractivity contribution is 5.89. The first-order chi connectivity index (χ1) is 10.0. The molecule has 0 bridgehead atoms. The summed E-state index contributed by atoms with van der Waals surface area (Å²) >= 11 is 0. The lowest BCUT2D eigenvalue weighted by Gasteiger charge is -2.17. The van der Waals surface area contributed by atoms with Crippen molar-refractivity contribution in [2.75, 3.05) is 0 Å². The molecule has 0 aromatic rings. The summed E-state index contributed by atoms with van der Waals surface area (Å²) in [5, 5.41) is 18.6. The number of rotatable bonds is 9. The van der Waals surface area contributed by atoms with Gasteiger partial charge in [-0.1, -0.05) is 25.2 Å². The highest BCUT2D eigenvalue weighted by Crippen LogP contribution is 2.35. The number of aliphatic hydroxyl groups excluding tert-OH is 1. The van der Waals surface area contributed by atoms with Crippen LogP contribution in [0.15, 0.2) is 24.3 Å². The van der Waals surface area contributed by atoms with E-state index in [0.717, 1.165) is 25.7 Å². The molecule has 1 fully saturated rings. The van der Waals surface area contributed by atoms with Gasteiger partial charge in [0.2, 0.25) is 0 Å². The van der Waals surface area contributed by atoms with E-state index < -0.39 is 5.97 Å². The summed E-state index contributed by atoms with van der Waals surface area (Å²) in [6.45, 7) is 1.84. The molecule has 2 N–H and O–H groups in total. The van der Waals surface area contributed by atoms with Gasteiger partial charge in [0.25, 0.3) is 0 Å². The van der Waals surface area contributed by atoms with Crippen LogP contribution in [0.1, 0.15) is 51.9 Å². The summed E-state index contributed by atoms with van der Waals surface area (Å²) in [5.74, 6) is -0.208. The fourth-order valence-electron chi connectivity index (χ4n) is 2.74. The van der Waals surface area contributed by atoms with Crippen LogP contribution in [-0.2, 0) is 9.59 Å². The number of carboxylic acid groups (broad SMARTS) is 1. The second-order valence-electron chi connectivity index (χ2n) is 5.64. The van der Waals surface area contributed by atoms with Gasteiger partial charge in [-0.25, -0.2) is 0 Å². The Balaban J connectivity index is 2.39. The Bertz CT molecular complexity index is 398. The van der Waals surface area contributed by atoms with E-state index in [1.165, 1.54) is 0 Å². The lowest BCUT2D eigenvalue weighted by molar-refractivity contribution is -0.137. The molecule has 0 aliphatic heterocycles. The monoisotopic (exact) mass is 294 g/mol. The van der Waals surface area contributed by atoms with Gasteiger partial charge in [-0.15, -0.1) is 0 Å². The minimum absolute atomic E-state index is 0.124. The minimum atomic E-state index is -0.764. The fraction of sp³-hybridized carbons (Fsp3) is 0.647. The van der Waals surface area contributed by atoms with Gasteiger partial charge < -0.3 is 10.2 Å². The molecule has 3 unspecified atom stereocenters. The zero-order valence-electron chi connectivity index (χ0n) is 12.7. The third-order valence-corrected chi connectivity index (χ3v) is 4.05. The number of aliphatic carboxylic acids is 1. The second-order valence-corrected chi connectivity index (χ2v) is 5.64. The minimum Gasteiger partial charge on any atom is -0.481 e. The summed E-state index contributed by atoms with van der Waals surface area (Å²) in [6.07, 6.45) is 11.9. The Morgan fingerprint density at radius 3 is 2.67 bits per heavy atom. The summed E-state index contributed by atoms with van der Waals surface area (Å²) < 4.78 is 0. The number of hydrogen-bond acceptors (Lipinski definition) is 3. The Hall–Kier alpha value is -1.42. The standard InChI is InChI=1S/C17H26O4/c1-2-14(18)11-9-13-10-12-16(19)15(13)7-5-3-4-6-8-17(20)21/h3,5,9,11,13,15-16,19H,2,4,6-8,10,12H2,1H3,(H,20,21). The van der Waals surface area contributed by atoms with Crippen LogP contribution in [-0.4, -0.2) is 28.1 Å². The lowest BCUT2D eigenvalue weighted by Crippen LogP contribution is -2.17. The molecule has 118 valence electrons. The molecule has 0 spiro atoms. The van der Waals surface area contributed by atoms with Gasteiger partial charge in [-0.3, -0.25) is 9.59 Å². The molecule has 0 heterocycles. The third kappa shape index (κ3) is 6.71. The number of ketones is 1. The molecule has 4 heteroatoms. The number of hydrogen-bond donors (Lipinski definition) is 2. The van der Waals surface area contributed by atoms with Gasteiger partial charge in [0.1, 0.15) is 0 Å². The van der Waals surface area contributed by atoms with E-state index in [9.17, 15) is 14.7 Å². The number of unbranched alkanes of at least 4 members (excludes halogenated alkanes) is 1. The van der Waals surface area contributed by atoms with Gasteiger partial charge in [0, 0.05) is 12.8 Å². The second kappa shape index (κ2) is 9.50. The van der Waals surface area contributed by atoms with Crippen LogP contribution >= 0.6 is 0 Å². The van der Waals surface area contributed by atoms with Crippen LogP contribution in [0.4, 0.5) is 0 Å². The summed E-state index contributed by atoms with van der Waals surface area (Å²) in [4.78, 5) is 21.7. The smallest absolute Gasteiger partial charge is 0.303 e. The topological polar surface area (TPSA) is 74.6 Å². The molecule has 1 aliphatic rings. The van der Waals surface area contributed by atoms with Crippen molar-refractivity contribution in [2.24, 2.45) is 11.8 Å². The van der Waals surface area contributed by atoms with E-state index in [1.807, 2.05) is 25.2 Å². The first kappa shape index (κ1) is 17.6. The number of carboxylic acids is 1. The highest BCUT2D eigenvalue weighted by atomic mass is 16.4. The van der Waals surface area contributed by atoms with Gasteiger partial charge in [0.05, 0.1) is 6.10 Å². The molecule has 0 radical (unpaired) electrons. The van der Waals surface area contributed by atoms with Crippen molar-refractivity contribution in [1.29, 1.82) is 0 Å². The molecule has 3 atom stereocenters. The first-order valence-corrected chi connectivity index (χ1v) is 7.80. The average Bonchev–Trinajstić information content (AvgIpc) is 2.80. The Morgan fingerprint density at radius 1 is 1.24 bits per heavy atom. The zero-order chi connectivity index (χ0) is 15.7. The lowest BCUT2D eigenvalue weighted by atomic mass is 9.90. The molecule has 0 aromatic carbocycles. The average molecular weight is 294 g/mol. The molecule has 0 amide bonds. The van der Waals surface area contributed by atoms with Crippen molar-refractivity contribution in [3.63, 3.8) is 0 Å². The largest absolute Gasteiger partial charge is 0.481 e. The number of aliphatic hydroxyl groups is 1. The molecule has 0 aromatic heterocycles. The van der Waals surface area contributed by atoms with Crippen molar-refractivity contribution in [2.45, 2.75) is 58.0 Å². The van der Waals surface area contributed by atoms with Crippen molar-refractivity contribution < 1.29 is 19.8 Å². The molecule has 21 heavy (non-hydrogen) atoms. The van der Waals surface area contributed by atoms with Gasteiger partial charge >= 0.3 is 5.97 Å². The molecule has 4 nitrogen and oxygen atoms in total. The Morgan fingerprint density at radius 2 is 2.00 bits per heavy atom. The number of carbonyl (C=O) groups excluding carboxylic acids is 1. The highest BCUT2D eigenvalue weighted by Gasteiger charge is 2.32. The summed E-state index contributed by atoms with van der Waals surface area (Å²) in [6, 6.07) is 0. The van der Waals surface area contributed by atoms with E-state index in [4.69, 9.17) is 5.11 Å². The summed E-state index contributed by atoms with van der Waals surface area (Å²) in [5.41, 5.74) is 0. The van der Waals surface area contributed by atoms with Crippen LogP contribution in [0.25, 0.3) is 0 Å². The van der Waals surface area contributed by atoms with Crippen molar-refractivity contribution >= 4 is 11.8 Å². The molecule has 1 saturated carbocycles. The molecule has 1 rings (SSSR count). The molecule has 0 saturated heterocycles. The van der Waals surface area contributed by atoms with Crippen molar-refractivity contribution in [3.05, 3.63) is 24.3 Å². The normalized spacial score (nSPS) is 25.9. The SMILES string of the molecule is CCC(=O)C=CC1CCC(O)C1CC=CCCCC(=O)O. The van der Waals surface area contributed by atoms with E-state index in [2.05, 4.69) is 0 Å². The molecular weight excluding hydrogens is 268 g/mol. The Kier molecular flexibility index (Phi) is 7.98. The van der Waals surface area contributed by atoms with Crippen molar-refractivity contribution in [3.8, 4) is 0 Å². The number of carbonyl (C=O) groups is 2. The third-order valence-electron chi connectivity index (χ3n) is 4.05. The van der Waals surface area contributed by atoms with E-state index >= 15 is 0 Å². The van der Waals surface area contributed by atoms with Crippen LogP contribution < -0.4 is 0 Å². The Labute approximate surface area is 126 Å². The first-order valence-electron chi connectivity index (χ1n) is 7.80.